The first-order valence-electron chi connectivity index (χ1n) is 11.1. The highest BCUT2D eigenvalue weighted by Crippen LogP contribution is 2.37. The minimum atomic E-state index is -0.812. The molecule has 4 rings (SSSR count). The molecule has 33 heavy (non-hydrogen) atoms. The zero-order valence-electron chi connectivity index (χ0n) is 18.8. The van der Waals surface area contributed by atoms with Crippen molar-refractivity contribution in [1.29, 1.82) is 0 Å². The fraction of sp³-hybridized carbons (Fsp3) is 0.172. The first kappa shape index (κ1) is 22.3. The average Bonchev–Trinajstić information content (AvgIpc) is 3.32. The Labute approximate surface area is 194 Å². The predicted molar refractivity (Wildman–Crippen MR) is 130 cm³/mol. The van der Waals surface area contributed by atoms with Gasteiger partial charge in [-0.25, -0.2) is 4.79 Å². The summed E-state index contributed by atoms with van der Waals surface area (Å²) in [5.41, 5.74) is 5.28. The van der Waals surface area contributed by atoms with E-state index < -0.39 is 11.8 Å². The van der Waals surface area contributed by atoms with Crippen LogP contribution in [-0.2, 0) is 14.3 Å². The molecular formula is C29H27NO3. The Balaban J connectivity index is 1.89. The van der Waals surface area contributed by atoms with Crippen LogP contribution in [-0.4, -0.2) is 23.4 Å². The lowest BCUT2D eigenvalue weighted by Crippen LogP contribution is -2.22. The molecule has 0 saturated heterocycles. The van der Waals surface area contributed by atoms with Gasteiger partial charge < -0.3 is 9.30 Å². The Morgan fingerprint density at radius 3 is 1.88 bits per heavy atom. The maximum Gasteiger partial charge on any atom is 0.374 e. The molecule has 1 heterocycles. The zero-order valence-corrected chi connectivity index (χ0v) is 18.8. The smallest absolute Gasteiger partial charge is 0.374 e. The minimum Gasteiger partial charge on any atom is -0.463 e. The Morgan fingerprint density at radius 1 is 0.758 bits per heavy atom. The molecule has 3 aromatic carbocycles. The first-order chi connectivity index (χ1) is 16.1. The van der Waals surface area contributed by atoms with Crippen molar-refractivity contribution in [2.45, 2.75) is 25.3 Å². The van der Waals surface area contributed by atoms with E-state index in [0.717, 1.165) is 22.5 Å². The number of ketones is 1. The zero-order chi connectivity index (χ0) is 23.2. The van der Waals surface area contributed by atoms with Gasteiger partial charge in [0.05, 0.1) is 13.2 Å². The largest absolute Gasteiger partial charge is 0.463 e. The van der Waals surface area contributed by atoms with Crippen molar-refractivity contribution in [2.24, 2.45) is 0 Å². The second-order valence-electron chi connectivity index (χ2n) is 8.05. The number of benzene rings is 3. The van der Waals surface area contributed by atoms with Crippen molar-refractivity contribution in [3.63, 3.8) is 0 Å². The maximum absolute atomic E-state index is 12.7. The number of aromatic nitrogens is 1. The molecule has 0 radical (unpaired) electrons. The minimum absolute atomic E-state index is 0.0193. The van der Waals surface area contributed by atoms with Gasteiger partial charge in [0.15, 0.2) is 0 Å². The normalized spacial score (nSPS) is 12.7. The van der Waals surface area contributed by atoms with E-state index in [2.05, 4.69) is 47.9 Å². The quantitative estimate of drug-likeness (QED) is 0.250. The van der Waals surface area contributed by atoms with Crippen molar-refractivity contribution in [1.82, 2.24) is 4.57 Å². The summed E-state index contributed by atoms with van der Waals surface area (Å²) in [6, 6.07) is 34.6. The van der Waals surface area contributed by atoms with Crippen molar-refractivity contribution in [3.8, 4) is 11.3 Å². The summed E-state index contributed by atoms with van der Waals surface area (Å²) in [5.74, 6) is -1.64. The van der Waals surface area contributed by atoms with Crippen molar-refractivity contribution >= 4 is 11.8 Å². The van der Waals surface area contributed by atoms with Gasteiger partial charge in [0.25, 0.3) is 0 Å². The second kappa shape index (κ2) is 10.1. The molecular weight excluding hydrogens is 410 g/mol. The summed E-state index contributed by atoms with van der Waals surface area (Å²) in [6.07, 6.45) is 0.0381. The number of carbonyl (C=O) groups excluding carboxylic acids is 2. The van der Waals surface area contributed by atoms with E-state index in [1.54, 1.807) is 0 Å². The van der Waals surface area contributed by atoms with Gasteiger partial charge in [0.2, 0.25) is 5.78 Å². The highest BCUT2D eigenvalue weighted by molar-refractivity contribution is 6.33. The van der Waals surface area contributed by atoms with Crippen molar-refractivity contribution in [2.75, 3.05) is 7.11 Å². The highest BCUT2D eigenvalue weighted by Gasteiger charge is 2.28. The molecule has 0 aliphatic carbocycles. The molecule has 0 saturated carbocycles. The fourth-order valence-corrected chi connectivity index (χ4v) is 4.37. The molecule has 4 heteroatoms. The van der Waals surface area contributed by atoms with Crippen LogP contribution in [0.3, 0.4) is 0 Å². The van der Waals surface area contributed by atoms with Gasteiger partial charge in [-0.1, -0.05) is 91.0 Å². The number of esters is 1. The van der Waals surface area contributed by atoms with E-state index in [1.165, 1.54) is 12.7 Å². The van der Waals surface area contributed by atoms with E-state index in [-0.39, 0.29) is 18.4 Å². The van der Waals surface area contributed by atoms with Gasteiger partial charge in [-0.2, -0.15) is 0 Å². The molecule has 4 nitrogen and oxygen atoms in total. The van der Waals surface area contributed by atoms with Crippen LogP contribution in [0.1, 0.15) is 42.1 Å². The number of Topliss-reactive ketones (excluding diaryl/α,β-unsaturated/α-hetero) is 1. The molecule has 4 aromatic rings. The molecule has 0 spiro atoms. The van der Waals surface area contributed by atoms with Gasteiger partial charge in [-0.05, 0) is 35.7 Å². The lowest BCUT2D eigenvalue weighted by Gasteiger charge is -2.26. The van der Waals surface area contributed by atoms with Gasteiger partial charge in [-0.3, -0.25) is 4.79 Å². The van der Waals surface area contributed by atoms with Gasteiger partial charge in [0.1, 0.15) is 0 Å². The van der Waals surface area contributed by atoms with E-state index in [1.807, 2.05) is 66.7 Å². The summed E-state index contributed by atoms with van der Waals surface area (Å²) in [6.45, 7) is 2.16. The van der Waals surface area contributed by atoms with Gasteiger partial charge >= 0.3 is 5.97 Å². The Hall–Kier alpha value is -3.92. The van der Waals surface area contributed by atoms with E-state index in [9.17, 15) is 9.59 Å². The van der Waals surface area contributed by atoms with Crippen molar-refractivity contribution < 1.29 is 14.3 Å². The van der Waals surface area contributed by atoms with Crippen LogP contribution >= 0.6 is 0 Å². The topological polar surface area (TPSA) is 48.3 Å². The molecule has 166 valence electrons. The lowest BCUT2D eigenvalue weighted by molar-refractivity contribution is -0.151. The molecule has 0 unspecified atom stereocenters. The second-order valence-corrected chi connectivity index (χ2v) is 8.05. The van der Waals surface area contributed by atoms with Crippen LogP contribution in [0.15, 0.2) is 103 Å². The average molecular weight is 438 g/mol. The molecule has 0 aliphatic rings. The monoisotopic (exact) mass is 437 g/mol. The summed E-state index contributed by atoms with van der Waals surface area (Å²) in [5, 5.41) is 0. The standard InChI is InChI=1S/C29H27NO3/c1-21(22-12-6-3-7-13-22)30-26(24-16-10-5-11-17-24)18-19-27(30)25(20-28(31)29(32)33-2)23-14-8-4-9-15-23/h3-19,21,25H,20H2,1-2H3/t21-,25-/m1/s1. The molecule has 2 atom stereocenters. The van der Waals surface area contributed by atoms with Crippen LogP contribution in [0.5, 0.6) is 0 Å². The Bertz CT molecular complexity index is 1210. The summed E-state index contributed by atoms with van der Waals surface area (Å²) >= 11 is 0. The molecule has 0 bridgehead atoms. The number of ether oxygens (including phenoxy) is 1. The number of hydrogen-bond donors (Lipinski definition) is 0. The lowest BCUT2D eigenvalue weighted by atomic mass is 9.90. The summed E-state index contributed by atoms with van der Waals surface area (Å²) < 4.78 is 7.00. The Morgan fingerprint density at radius 2 is 1.30 bits per heavy atom. The molecule has 0 fully saturated rings. The fourth-order valence-electron chi connectivity index (χ4n) is 4.37. The van der Waals surface area contributed by atoms with Crippen molar-refractivity contribution in [3.05, 3.63) is 120 Å². The number of carbonyl (C=O) groups is 2. The molecule has 0 amide bonds. The summed E-state index contributed by atoms with van der Waals surface area (Å²) in [7, 11) is 1.24. The maximum atomic E-state index is 12.7. The number of nitrogens with zero attached hydrogens (tertiary/aromatic N) is 1. The third-order valence-corrected chi connectivity index (χ3v) is 6.05. The van der Waals surface area contributed by atoms with Crippen LogP contribution < -0.4 is 0 Å². The SMILES string of the molecule is COC(=O)C(=O)C[C@H](c1ccccc1)c1ccc(-c2ccccc2)n1[C@H](C)c1ccccc1. The summed E-state index contributed by atoms with van der Waals surface area (Å²) in [4.78, 5) is 24.7. The van der Waals surface area contributed by atoms with Crippen LogP contribution in [0, 0.1) is 0 Å². The van der Waals surface area contributed by atoms with Gasteiger partial charge in [-0.15, -0.1) is 0 Å². The van der Waals surface area contributed by atoms with E-state index in [4.69, 9.17) is 4.74 Å². The number of rotatable bonds is 8. The van der Waals surface area contributed by atoms with E-state index >= 15 is 0 Å². The van der Waals surface area contributed by atoms with Gasteiger partial charge in [0, 0.05) is 23.7 Å². The van der Waals surface area contributed by atoms with Crippen LogP contribution in [0.4, 0.5) is 0 Å². The first-order valence-corrected chi connectivity index (χ1v) is 11.1. The molecule has 1 aromatic heterocycles. The van der Waals surface area contributed by atoms with Crippen LogP contribution in [0.2, 0.25) is 0 Å². The highest BCUT2D eigenvalue weighted by atomic mass is 16.5. The number of methoxy groups -OCH3 is 1. The Kier molecular flexibility index (Phi) is 6.84. The number of hydrogen-bond acceptors (Lipinski definition) is 3. The molecule has 0 aliphatic heterocycles. The third-order valence-electron chi connectivity index (χ3n) is 6.05. The van der Waals surface area contributed by atoms with Crippen LogP contribution in [0.25, 0.3) is 11.3 Å². The molecule has 0 N–H and O–H groups in total. The predicted octanol–water partition coefficient (Wildman–Crippen LogP) is 6.03. The van der Waals surface area contributed by atoms with E-state index in [0.29, 0.717) is 0 Å². The third kappa shape index (κ3) is 4.80.